The summed E-state index contributed by atoms with van der Waals surface area (Å²) in [4.78, 5) is 32.2. The van der Waals surface area contributed by atoms with Gasteiger partial charge in [0.25, 0.3) is 5.91 Å². The minimum atomic E-state index is -0.0529. The molecule has 1 aliphatic heterocycles. The SMILES string of the molecule is CC(=O)c1ccc(OCC(=O)N2CCN(Cc3nc(-c4ccsc4)no3)CC2)cc1. The van der Waals surface area contributed by atoms with Crippen molar-refractivity contribution in [1.82, 2.24) is 19.9 Å². The quantitative estimate of drug-likeness (QED) is 0.537. The number of thiophene rings is 1. The van der Waals surface area contributed by atoms with Gasteiger partial charge in [0, 0.05) is 42.7 Å². The smallest absolute Gasteiger partial charge is 0.260 e. The topological polar surface area (TPSA) is 88.8 Å². The van der Waals surface area contributed by atoms with E-state index in [1.165, 1.54) is 6.92 Å². The molecule has 0 spiro atoms. The Labute approximate surface area is 178 Å². The van der Waals surface area contributed by atoms with E-state index in [4.69, 9.17) is 9.26 Å². The van der Waals surface area contributed by atoms with Crippen LogP contribution in [0.1, 0.15) is 23.2 Å². The number of piperazine rings is 1. The lowest BCUT2D eigenvalue weighted by Crippen LogP contribution is -2.49. The Morgan fingerprint density at radius 3 is 2.57 bits per heavy atom. The first-order valence-corrected chi connectivity index (χ1v) is 10.6. The van der Waals surface area contributed by atoms with Gasteiger partial charge >= 0.3 is 0 Å². The van der Waals surface area contributed by atoms with Crippen LogP contribution in [-0.2, 0) is 11.3 Å². The molecule has 0 aliphatic carbocycles. The predicted octanol–water partition coefficient (Wildman–Crippen LogP) is 2.72. The Hall–Kier alpha value is -3.04. The third kappa shape index (κ3) is 4.92. The van der Waals surface area contributed by atoms with Crippen LogP contribution in [0.3, 0.4) is 0 Å². The summed E-state index contributed by atoms with van der Waals surface area (Å²) in [5.41, 5.74) is 1.58. The van der Waals surface area contributed by atoms with Gasteiger partial charge in [0.1, 0.15) is 5.75 Å². The molecule has 0 atom stereocenters. The largest absolute Gasteiger partial charge is 0.484 e. The highest BCUT2D eigenvalue weighted by Gasteiger charge is 2.23. The monoisotopic (exact) mass is 426 g/mol. The lowest BCUT2D eigenvalue weighted by atomic mass is 10.1. The third-order valence-corrected chi connectivity index (χ3v) is 5.64. The molecule has 3 heterocycles. The van der Waals surface area contributed by atoms with Crippen molar-refractivity contribution in [3.05, 3.63) is 52.5 Å². The molecule has 1 saturated heterocycles. The average molecular weight is 426 g/mol. The first kappa shape index (κ1) is 20.2. The molecule has 2 aromatic heterocycles. The Morgan fingerprint density at radius 1 is 1.13 bits per heavy atom. The van der Waals surface area contributed by atoms with E-state index in [2.05, 4.69) is 15.0 Å². The first-order valence-electron chi connectivity index (χ1n) is 9.67. The molecule has 9 heteroatoms. The second-order valence-corrected chi connectivity index (χ2v) is 7.83. The van der Waals surface area contributed by atoms with Crippen molar-refractivity contribution in [1.29, 1.82) is 0 Å². The predicted molar refractivity (Wildman–Crippen MR) is 111 cm³/mol. The summed E-state index contributed by atoms with van der Waals surface area (Å²) < 4.78 is 10.9. The fourth-order valence-corrected chi connectivity index (χ4v) is 3.83. The highest BCUT2D eigenvalue weighted by molar-refractivity contribution is 7.08. The summed E-state index contributed by atoms with van der Waals surface area (Å²) >= 11 is 1.59. The number of carbonyl (C=O) groups is 2. The van der Waals surface area contributed by atoms with E-state index >= 15 is 0 Å². The van der Waals surface area contributed by atoms with Gasteiger partial charge in [0.05, 0.1) is 6.54 Å². The molecule has 0 N–H and O–H groups in total. The van der Waals surface area contributed by atoms with Gasteiger partial charge in [0.2, 0.25) is 11.7 Å². The number of rotatable bonds is 7. The van der Waals surface area contributed by atoms with E-state index in [1.807, 2.05) is 16.8 Å². The van der Waals surface area contributed by atoms with Gasteiger partial charge in [-0.15, -0.1) is 0 Å². The van der Waals surface area contributed by atoms with E-state index in [1.54, 1.807) is 40.5 Å². The molecule has 0 bridgehead atoms. The molecule has 0 saturated carbocycles. The van der Waals surface area contributed by atoms with Crippen LogP contribution in [0.2, 0.25) is 0 Å². The lowest BCUT2D eigenvalue weighted by molar-refractivity contribution is -0.135. The zero-order chi connectivity index (χ0) is 20.9. The fraction of sp³-hybridized carbons (Fsp3) is 0.333. The van der Waals surface area contributed by atoms with E-state index in [-0.39, 0.29) is 18.3 Å². The Balaban J connectivity index is 1.22. The highest BCUT2D eigenvalue weighted by atomic mass is 32.1. The molecule has 30 heavy (non-hydrogen) atoms. The Kier molecular flexibility index (Phi) is 6.20. The van der Waals surface area contributed by atoms with Crippen LogP contribution >= 0.6 is 11.3 Å². The van der Waals surface area contributed by atoms with Gasteiger partial charge in [-0.1, -0.05) is 5.16 Å². The fourth-order valence-electron chi connectivity index (χ4n) is 3.20. The summed E-state index contributed by atoms with van der Waals surface area (Å²) in [6.45, 7) is 4.77. The molecule has 0 radical (unpaired) electrons. The zero-order valence-corrected chi connectivity index (χ0v) is 17.4. The number of hydrogen-bond acceptors (Lipinski definition) is 8. The van der Waals surface area contributed by atoms with Crippen LogP contribution < -0.4 is 4.74 Å². The van der Waals surface area contributed by atoms with E-state index in [0.29, 0.717) is 42.7 Å². The van der Waals surface area contributed by atoms with Crippen molar-refractivity contribution in [3.63, 3.8) is 0 Å². The molecule has 8 nitrogen and oxygen atoms in total. The van der Waals surface area contributed by atoms with Gasteiger partial charge in [-0.25, -0.2) is 0 Å². The minimum Gasteiger partial charge on any atom is -0.484 e. The maximum absolute atomic E-state index is 12.4. The standard InChI is InChI=1S/C21H22N4O4S/c1-15(26)16-2-4-18(5-3-16)28-13-20(27)25-9-7-24(8-10-25)12-19-22-21(23-29-19)17-6-11-30-14-17/h2-6,11,14H,7-10,12-13H2,1H3. The molecule has 0 unspecified atom stereocenters. The maximum atomic E-state index is 12.4. The molecule has 1 fully saturated rings. The number of ether oxygens (including phenoxy) is 1. The molecule has 1 amide bonds. The third-order valence-electron chi connectivity index (χ3n) is 4.95. The van der Waals surface area contributed by atoms with Crippen molar-refractivity contribution < 1.29 is 18.8 Å². The second-order valence-electron chi connectivity index (χ2n) is 7.05. The second kappa shape index (κ2) is 9.19. The van der Waals surface area contributed by atoms with Crippen molar-refractivity contribution in [2.45, 2.75) is 13.5 Å². The molecular formula is C21H22N4O4S. The molecule has 156 valence electrons. The zero-order valence-electron chi connectivity index (χ0n) is 16.6. The van der Waals surface area contributed by atoms with Gasteiger partial charge in [-0.2, -0.15) is 16.3 Å². The Bertz CT molecular complexity index is 992. The van der Waals surface area contributed by atoms with Gasteiger partial charge in [-0.3, -0.25) is 14.5 Å². The van der Waals surface area contributed by atoms with Crippen molar-refractivity contribution >= 4 is 23.0 Å². The van der Waals surface area contributed by atoms with Gasteiger partial charge in [-0.05, 0) is 42.6 Å². The first-order chi connectivity index (χ1) is 14.6. The van der Waals surface area contributed by atoms with Crippen LogP contribution in [0.25, 0.3) is 11.4 Å². The summed E-state index contributed by atoms with van der Waals surface area (Å²) in [5, 5.41) is 7.99. The molecule has 3 aromatic rings. The summed E-state index contributed by atoms with van der Waals surface area (Å²) in [6.07, 6.45) is 0. The summed E-state index contributed by atoms with van der Waals surface area (Å²) in [7, 11) is 0. The van der Waals surface area contributed by atoms with Gasteiger partial charge < -0.3 is 14.2 Å². The molecule has 1 aliphatic rings. The van der Waals surface area contributed by atoms with Crippen molar-refractivity contribution in [3.8, 4) is 17.1 Å². The highest BCUT2D eigenvalue weighted by Crippen LogP contribution is 2.19. The normalized spacial score (nSPS) is 14.6. The number of amides is 1. The minimum absolute atomic E-state index is 0.00119. The number of hydrogen-bond donors (Lipinski definition) is 0. The van der Waals surface area contributed by atoms with Crippen molar-refractivity contribution in [2.75, 3.05) is 32.8 Å². The number of aromatic nitrogens is 2. The van der Waals surface area contributed by atoms with Gasteiger partial charge in [0.15, 0.2) is 12.4 Å². The number of Topliss-reactive ketones (excluding diaryl/α,β-unsaturated/α-hetero) is 1. The number of benzene rings is 1. The number of nitrogens with zero attached hydrogens (tertiary/aromatic N) is 4. The van der Waals surface area contributed by atoms with E-state index in [9.17, 15) is 9.59 Å². The summed E-state index contributed by atoms with van der Waals surface area (Å²) in [6, 6.07) is 8.77. The van der Waals surface area contributed by atoms with Crippen molar-refractivity contribution in [2.24, 2.45) is 0 Å². The molecule has 4 rings (SSSR count). The Morgan fingerprint density at radius 2 is 1.90 bits per heavy atom. The lowest BCUT2D eigenvalue weighted by Gasteiger charge is -2.33. The van der Waals surface area contributed by atoms with Crippen LogP contribution in [-0.4, -0.2) is 64.4 Å². The summed E-state index contributed by atoms with van der Waals surface area (Å²) in [5.74, 6) is 1.70. The van der Waals surface area contributed by atoms with E-state index < -0.39 is 0 Å². The van der Waals surface area contributed by atoms with E-state index in [0.717, 1.165) is 18.7 Å². The van der Waals surface area contributed by atoms with Crippen LogP contribution in [0.15, 0.2) is 45.6 Å². The van der Waals surface area contributed by atoms with Crippen LogP contribution in [0.5, 0.6) is 5.75 Å². The molecular weight excluding hydrogens is 404 g/mol. The van der Waals surface area contributed by atoms with Crippen LogP contribution in [0.4, 0.5) is 0 Å². The number of ketones is 1. The number of carbonyl (C=O) groups excluding carboxylic acids is 2. The maximum Gasteiger partial charge on any atom is 0.260 e. The molecule has 1 aromatic carbocycles. The van der Waals surface area contributed by atoms with Crippen LogP contribution in [0, 0.1) is 0 Å². The average Bonchev–Trinajstić information content (AvgIpc) is 3.45.